The highest BCUT2D eigenvalue weighted by atomic mass is 19.1. The Labute approximate surface area is 92.8 Å². The predicted octanol–water partition coefficient (Wildman–Crippen LogP) is 1.13. The fourth-order valence-electron chi connectivity index (χ4n) is 1.69. The maximum absolute atomic E-state index is 13.2. The van der Waals surface area contributed by atoms with Gasteiger partial charge in [0.25, 0.3) is 5.91 Å². The van der Waals surface area contributed by atoms with Gasteiger partial charge in [-0.25, -0.2) is 4.98 Å². The van der Waals surface area contributed by atoms with Crippen molar-refractivity contribution in [2.75, 3.05) is 7.11 Å². The van der Waals surface area contributed by atoms with Crippen LogP contribution >= 0.6 is 0 Å². The third-order valence-electron chi connectivity index (χ3n) is 2.77. The molecule has 0 aliphatic heterocycles. The Hall–Kier alpha value is -1.49. The molecule has 4 nitrogen and oxygen atoms in total. The number of nitrogens with zero attached hydrogens (tertiary/aromatic N) is 1. The summed E-state index contributed by atoms with van der Waals surface area (Å²) in [5, 5.41) is 2.74. The van der Waals surface area contributed by atoms with Crippen LogP contribution < -0.4 is 5.32 Å². The van der Waals surface area contributed by atoms with Crippen molar-refractivity contribution in [3.05, 3.63) is 29.8 Å². The van der Waals surface area contributed by atoms with Crippen molar-refractivity contribution >= 4 is 5.91 Å². The second kappa shape index (κ2) is 4.57. The lowest BCUT2D eigenvalue weighted by atomic mass is 9.89. The summed E-state index contributed by atoms with van der Waals surface area (Å²) < 4.78 is 18.2. The third-order valence-corrected chi connectivity index (χ3v) is 2.77. The number of halogens is 1. The number of amides is 1. The number of carbonyl (C=O) groups is 1. The van der Waals surface area contributed by atoms with Crippen molar-refractivity contribution in [3.63, 3.8) is 0 Å². The molecule has 16 heavy (non-hydrogen) atoms. The van der Waals surface area contributed by atoms with Gasteiger partial charge >= 0.3 is 0 Å². The summed E-state index contributed by atoms with van der Waals surface area (Å²) >= 11 is 0. The van der Waals surface area contributed by atoms with Crippen molar-refractivity contribution in [2.45, 2.75) is 25.0 Å². The first kappa shape index (κ1) is 11.0. The summed E-state index contributed by atoms with van der Waals surface area (Å²) in [6.07, 6.45) is 3.09. The molecule has 0 unspecified atom stereocenters. The standard InChI is InChI=1S/C11H13FN2O2/c1-16-8-5-7(6-8)14-11(15)9-3-2-4-13-10(9)12/h2-4,7-8H,5-6H2,1H3,(H,14,15). The molecule has 1 aliphatic carbocycles. The predicted molar refractivity (Wildman–Crippen MR) is 55.5 cm³/mol. The van der Waals surface area contributed by atoms with Gasteiger partial charge in [-0.3, -0.25) is 4.79 Å². The molecular weight excluding hydrogens is 211 g/mol. The molecule has 0 aromatic carbocycles. The Balaban J connectivity index is 1.92. The minimum absolute atomic E-state index is 0.0108. The van der Waals surface area contributed by atoms with Gasteiger partial charge in [-0.15, -0.1) is 0 Å². The van der Waals surface area contributed by atoms with Crippen LogP contribution in [0.3, 0.4) is 0 Å². The molecule has 1 heterocycles. The molecule has 1 N–H and O–H groups in total. The topological polar surface area (TPSA) is 51.2 Å². The number of hydrogen-bond acceptors (Lipinski definition) is 3. The molecule has 1 aromatic heterocycles. The lowest BCUT2D eigenvalue weighted by Gasteiger charge is -2.34. The van der Waals surface area contributed by atoms with Crippen molar-refractivity contribution in [1.82, 2.24) is 10.3 Å². The highest BCUT2D eigenvalue weighted by Gasteiger charge is 2.30. The molecular formula is C11H13FN2O2. The Kier molecular flexibility index (Phi) is 3.14. The number of hydrogen-bond donors (Lipinski definition) is 1. The van der Waals surface area contributed by atoms with Crippen molar-refractivity contribution in [2.24, 2.45) is 0 Å². The smallest absolute Gasteiger partial charge is 0.256 e. The van der Waals surface area contributed by atoms with E-state index in [0.717, 1.165) is 12.8 Å². The first-order chi connectivity index (χ1) is 7.70. The lowest BCUT2D eigenvalue weighted by Crippen LogP contribution is -2.47. The molecule has 0 spiro atoms. The van der Waals surface area contributed by atoms with Crippen LogP contribution in [0, 0.1) is 5.95 Å². The van der Waals surface area contributed by atoms with Gasteiger partial charge in [-0.1, -0.05) is 0 Å². The quantitative estimate of drug-likeness (QED) is 0.783. The summed E-state index contributed by atoms with van der Waals surface area (Å²) in [6.45, 7) is 0. The summed E-state index contributed by atoms with van der Waals surface area (Å²) in [4.78, 5) is 15.1. The lowest BCUT2D eigenvalue weighted by molar-refractivity contribution is 0.0175. The van der Waals surface area contributed by atoms with E-state index < -0.39 is 11.9 Å². The van der Waals surface area contributed by atoms with Gasteiger partial charge in [0, 0.05) is 19.3 Å². The Bertz CT molecular complexity index is 391. The number of rotatable bonds is 3. The molecule has 1 aromatic rings. The highest BCUT2D eigenvalue weighted by molar-refractivity contribution is 5.94. The van der Waals surface area contributed by atoms with E-state index in [-0.39, 0.29) is 17.7 Å². The minimum atomic E-state index is -0.734. The van der Waals surface area contributed by atoms with E-state index in [2.05, 4.69) is 10.3 Å². The van der Waals surface area contributed by atoms with Crippen LogP contribution in [-0.4, -0.2) is 30.1 Å². The molecule has 5 heteroatoms. The first-order valence-corrected chi connectivity index (χ1v) is 5.15. The maximum atomic E-state index is 13.2. The van der Waals surface area contributed by atoms with Crippen LogP contribution in [0.25, 0.3) is 0 Å². The van der Waals surface area contributed by atoms with Crippen LogP contribution in [0.5, 0.6) is 0 Å². The summed E-state index contributed by atoms with van der Waals surface area (Å²) in [6, 6.07) is 3.04. The van der Waals surface area contributed by atoms with E-state index in [4.69, 9.17) is 4.74 Å². The first-order valence-electron chi connectivity index (χ1n) is 5.15. The number of methoxy groups -OCH3 is 1. The molecule has 2 rings (SSSR count). The van der Waals surface area contributed by atoms with E-state index in [1.807, 2.05) is 0 Å². The molecule has 1 fully saturated rings. The second-order valence-electron chi connectivity index (χ2n) is 3.84. The van der Waals surface area contributed by atoms with E-state index in [9.17, 15) is 9.18 Å². The maximum Gasteiger partial charge on any atom is 0.256 e. The molecule has 1 saturated carbocycles. The normalized spacial score (nSPS) is 23.6. The summed E-state index contributed by atoms with van der Waals surface area (Å²) in [5.74, 6) is -1.15. The molecule has 1 aliphatic rings. The van der Waals surface area contributed by atoms with Crippen LogP contribution in [0.1, 0.15) is 23.2 Å². The van der Waals surface area contributed by atoms with Crippen LogP contribution in [0.15, 0.2) is 18.3 Å². The number of nitrogens with one attached hydrogen (secondary N) is 1. The zero-order valence-electron chi connectivity index (χ0n) is 8.94. The third kappa shape index (κ3) is 2.19. The highest BCUT2D eigenvalue weighted by Crippen LogP contribution is 2.22. The van der Waals surface area contributed by atoms with E-state index in [1.54, 1.807) is 7.11 Å². The molecule has 1 amide bonds. The van der Waals surface area contributed by atoms with E-state index in [1.165, 1.54) is 18.3 Å². The van der Waals surface area contributed by atoms with E-state index >= 15 is 0 Å². The summed E-state index contributed by atoms with van der Waals surface area (Å²) in [5.41, 5.74) is -0.0108. The Morgan fingerprint density at radius 1 is 1.62 bits per heavy atom. The van der Waals surface area contributed by atoms with Crippen molar-refractivity contribution in [1.29, 1.82) is 0 Å². The van der Waals surface area contributed by atoms with Gasteiger partial charge < -0.3 is 10.1 Å². The van der Waals surface area contributed by atoms with Gasteiger partial charge in [-0.05, 0) is 25.0 Å². The number of aromatic nitrogens is 1. The Morgan fingerprint density at radius 3 is 3.00 bits per heavy atom. The number of pyridine rings is 1. The SMILES string of the molecule is COC1CC(NC(=O)c2cccnc2F)C1. The van der Waals surface area contributed by atoms with Gasteiger partial charge in [0.05, 0.1) is 11.7 Å². The zero-order valence-corrected chi connectivity index (χ0v) is 8.94. The average Bonchev–Trinajstić information content (AvgIpc) is 2.23. The minimum Gasteiger partial charge on any atom is -0.381 e. The van der Waals surface area contributed by atoms with Gasteiger partial charge in [-0.2, -0.15) is 4.39 Å². The van der Waals surface area contributed by atoms with Gasteiger partial charge in [0.15, 0.2) is 0 Å². The molecule has 0 atom stereocenters. The number of ether oxygens (including phenoxy) is 1. The second-order valence-corrected chi connectivity index (χ2v) is 3.84. The van der Waals surface area contributed by atoms with Crippen LogP contribution in [0.2, 0.25) is 0 Å². The van der Waals surface area contributed by atoms with Gasteiger partial charge in [0.2, 0.25) is 5.95 Å². The van der Waals surface area contributed by atoms with Crippen molar-refractivity contribution < 1.29 is 13.9 Å². The molecule has 86 valence electrons. The largest absolute Gasteiger partial charge is 0.381 e. The van der Waals surface area contributed by atoms with Crippen molar-refractivity contribution in [3.8, 4) is 0 Å². The molecule has 0 radical (unpaired) electrons. The van der Waals surface area contributed by atoms with Gasteiger partial charge in [0.1, 0.15) is 0 Å². The fourth-order valence-corrected chi connectivity index (χ4v) is 1.69. The average molecular weight is 224 g/mol. The number of carbonyl (C=O) groups excluding carboxylic acids is 1. The molecule has 0 saturated heterocycles. The monoisotopic (exact) mass is 224 g/mol. The van der Waals surface area contributed by atoms with Crippen LogP contribution in [0.4, 0.5) is 4.39 Å². The Morgan fingerprint density at radius 2 is 2.38 bits per heavy atom. The van der Waals surface area contributed by atoms with Crippen LogP contribution in [-0.2, 0) is 4.74 Å². The molecule has 0 bridgehead atoms. The zero-order chi connectivity index (χ0) is 11.5. The fraction of sp³-hybridized carbons (Fsp3) is 0.455. The summed E-state index contributed by atoms with van der Waals surface area (Å²) in [7, 11) is 1.64. The van der Waals surface area contributed by atoms with E-state index in [0.29, 0.717) is 0 Å².